The topological polar surface area (TPSA) is 12.9 Å². The quantitative estimate of drug-likeness (QED) is 0.710. The van der Waals surface area contributed by atoms with E-state index in [4.69, 9.17) is 4.98 Å². The monoisotopic (exact) mass is 273 g/mol. The van der Waals surface area contributed by atoms with Gasteiger partial charge in [-0.15, -0.1) is 0 Å². The maximum absolute atomic E-state index is 4.82. The van der Waals surface area contributed by atoms with Gasteiger partial charge >= 0.3 is 0 Å². The summed E-state index contributed by atoms with van der Waals surface area (Å²) in [4.78, 5) is 4.82. The zero-order valence-corrected chi connectivity index (χ0v) is 10.5. The van der Waals surface area contributed by atoms with Gasteiger partial charge in [-0.1, -0.05) is 22.0 Å². The van der Waals surface area contributed by atoms with Crippen molar-refractivity contribution in [3.8, 4) is 0 Å². The Hall–Kier alpha value is -0.890. The van der Waals surface area contributed by atoms with Crippen molar-refractivity contribution in [3.05, 3.63) is 40.0 Å². The van der Waals surface area contributed by atoms with E-state index in [0.717, 1.165) is 9.99 Å². The highest BCUT2D eigenvalue weighted by Crippen LogP contribution is 2.55. The minimum atomic E-state index is 0.629. The van der Waals surface area contributed by atoms with Gasteiger partial charge in [0.05, 0.1) is 5.52 Å². The molecule has 1 heterocycles. The van der Waals surface area contributed by atoms with Crippen LogP contribution in [0.15, 0.2) is 28.7 Å². The molecule has 1 spiro atoms. The molecule has 2 heteroatoms. The molecule has 80 valence electrons. The summed E-state index contributed by atoms with van der Waals surface area (Å²) in [6.07, 6.45) is 5.29. The van der Waals surface area contributed by atoms with Gasteiger partial charge in [0, 0.05) is 15.6 Å². The van der Waals surface area contributed by atoms with Crippen LogP contribution in [0, 0.1) is 5.41 Å². The van der Waals surface area contributed by atoms with E-state index in [2.05, 4.69) is 40.2 Å². The van der Waals surface area contributed by atoms with Crippen molar-refractivity contribution in [3.63, 3.8) is 0 Å². The molecule has 0 N–H and O–H groups in total. The second-order valence-electron chi connectivity index (χ2n) is 5.28. The van der Waals surface area contributed by atoms with Crippen LogP contribution in [-0.2, 0) is 12.8 Å². The SMILES string of the molecule is Brc1ccc2cc3c(nc2c1)CC1(CC1)C3. The van der Waals surface area contributed by atoms with Gasteiger partial charge in [0.1, 0.15) is 0 Å². The molecule has 2 aliphatic rings. The van der Waals surface area contributed by atoms with E-state index in [-0.39, 0.29) is 0 Å². The Morgan fingerprint density at radius 2 is 2.00 bits per heavy atom. The molecule has 2 aliphatic carbocycles. The van der Waals surface area contributed by atoms with E-state index in [0.29, 0.717) is 5.41 Å². The van der Waals surface area contributed by atoms with E-state index < -0.39 is 0 Å². The lowest BCUT2D eigenvalue weighted by Crippen LogP contribution is -1.97. The second kappa shape index (κ2) is 2.86. The number of hydrogen-bond acceptors (Lipinski definition) is 1. The number of hydrogen-bond donors (Lipinski definition) is 0. The Morgan fingerprint density at radius 3 is 2.81 bits per heavy atom. The van der Waals surface area contributed by atoms with Crippen molar-refractivity contribution in [2.75, 3.05) is 0 Å². The molecule has 0 unspecified atom stereocenters. The molecule has 1 aromatic heterocycles. The molecule has 0 bridgehead atoms. The van der Waals surface area contributed by atoms with E-state index in [1.54, 1.807) is 0 Å². The average molecular weight is 274 g/mol. The zero-order chi connectivity index (χ0) is 10.8. The number of halogens is 1. The van der Waals surface area contributed by atoms with Gasteiger partial charge < -0.3 is 0 Å². The summed E-state index contributed by atoms with van der Waals surface area (Å²) in [5.41, 5.74) is 4.60. The highest BCUT2D eigenvalue weighted by atomic mass is 79.9. The second-order valence-corrected chi connectivity index (χ2v) is 6.20. The van der Waals surface area contributed by atoms with Gasteiger partial charge in [-0.25, -0.2) is 0 Å². The summed E-state index contributed by atoms with van der Waals surface area (Å²) in [7, 11) is 0. The van der Waals surface area contributed by atoms with Crippen LogP contribution in [0.1, 0.15) is 24.1 Å². The maximum Gasteiger partial charge on any atom is 0.0716 e. The van der Waals surface area contributed by atoms with Crippen molar-refractivity contribution >= 4 is 26.8 Å². The molecule has 1 nitrogen and oxygen atoms in total. The van der Waals surface area contributed by atoms with Crippen molar-refractivity contribution in [1.82, 2.24) is 4.98 Å². The van der Waals surface area contributed by atoms with Crippen LogP contribution in [0.25, 0.3) is 10.9 Å². The largest absolute Gasteiger partial charge is 0.252 e. The van der Waals surface area contributed by atoms with Crippen LogP contribution < -0.4 is 0 Å². The number of fused-ring (bicyclic) bond motifs is 2. The lowest BCUT2D eigenvalue weighted by atomic mass is 10.0. The minimum Gasteiger partial charge on any atom is -0.252 e. The first-order chi connectivity index (χ1) is 7.74. The molecule has 1 fully saturated rings. The Labute approximate surface area is 103 Å². The van der Waals surface area contributed by atoms with Gasteiger partial charge in [-0.2, -0.15) is 0 Å². The van der Waals surface area contributed by atoms with Gasteiger partial charge in [0.15, 0.2) is 0 Å². The van der Waals surface area contributed by atoms with Crippen LogP contribution in [0.4, 0.5) is 0 Å². The van der Waals surface area contributed by atoms with Crippen LogP contribution in [0.3, 0.4) is 0 Å². The molecule has 1 saturated carbocycles. The summed E-state index contributed by atoms with van der Waals surface area (Å²) >= 11 is 3.51. The number of aromatic nitrogens is 1. The molecule has 4 rings (SSSR count). The van der Waals surface area contributed by atoms with Gasteiger partial charge in [-0.05, 0) is 54.9 Å². The molecule has 0 saturated heterocycles. The smallest absolute Gasteiger partial charge is 0.0716 e. The van der Waals surface area contributed by atoms with Crippen LogP contribution >= 0.6 is 15.9 Å². The fraction of sp³-hybridized carbons (Fsp3) is 0.357. The third-order valence-electron chi connectivity index (χ3n) is 4.01. The predicted molar refractivity (Wildman–Crippen MR) is 68.5 cm³/mol. The fourth-order valence-corrected chi connectivity index (χ4v) is 3.23. The summed E-state index contributed by atoms with van der Waals surface area (Å²) in [5.74, 6) is 0. The van der Waals surface area contributed by atoms with Crippen molar-refractivity contribution in [2.45, 2.75) is 25.7 Å². The van der Waals surface area contributed by atoms with E-state index in [9.17, 15) is 0 Å². The molecular weight excluding hydrogens is 262 g/mol. The lowest BCUT2D eigenvalue weighted by molar-refractivity contribution is 0.546. The third-order valence-corrected chi connectivity index (χ3v) is 4.51. The van der Waals surface area contributed by atoms with Gasteiger partial charge in [-0.3, -0.25) is 4.98 Å². The summed E-state index contributed by atoms with van der Waals surface area (Å²) in [6.45, 7) is 0. The molecule has 16 heavy (non-hydrogen) atoms. The molecule has 0 amide bonds. The first-order valence-corrected chi connectivity index (χ1v) is 6.62. The number of rotatable bonds is 0. The average Bonchev–Trinajstić information content (AvgIpc) is 2.89. The summed E-state index contributed by atoms with van der Waals surface area (Å²) < 4.78 is 1.12. The van der Waals surface area contributed by atoms with Crippen molar-refractivity contribution in [1.29, 1.82) is 0 Å². The number of benzene rings is 1. The van der Waals surface area contributed by atoms with Crippen molar-refractivity contribution in [2.24, 2.45) is 5.41 Å². The van der Waals surface area contributed by atoms with E-state index >= 15 is 0 Å². The summed E-state index contributed by atoms with van der Waals surface area (Å²) in [6, 6.07) is 8.72. The van der Waals surface area contributed by atoms with E-state index in [1.165, 1.54) is 42.3 Å². The first kappa shape index (κ1) is 9.17. The highest BCUT2D eigenvalue weighted by molar-refractivity contribution is 9.10. The Morgan fingerprint density at radius 1 is 1.12 bits per heavy atom. The van der Waals surface area contributed by atoms with Crippen LogP contribution in [0.5, 0.6) is 0 Å². The lowest BCUT2D eigenvalue weighted by Gasteiger charge is -2.02. The molecule has 0 atom stereocenters. The van der Waals surface area contributed by atoms with Crippen LogP contribution in [-0.4, -0.2) is 4.98 Å². The van der Waals surface area contributed by atoms with Crippen LogP contribution in [0.2, 0.25) is 0 Å². The predicted octanol–water partition coefficient (Wildman–Crippen LogP) is 3.88. The third kappa shape index (κ3) is 1.26. The Kier molecular flexibility index (Phi) is 1.64. The molecule has 0 radical (unpaired) electrons. The molecule has 1 aromatic carbocycles. The fourth-order valence-electron chi connectivity index (χ4n) is 2.88. The minimum absolute atomic E-state index is 0.629. The van der Waals surface area contributed by atoms with E-state index in [1.807, 2.05) is 0 Å². The number of pyridine rings is 1. The summed E-state index contributed by atoms with van der Waals surface area (Å²) in [5, 5.41) is 1.28. The standard InChI is InChI=1S/C14H12BrN/c15-11-2-1-9-5-10-7-14(3-4-14)8-13(10)16-12(9)6-11/h1-2,5-6H,3-4,7-8H2. The molecular formula is C14H12BrN. The first-order valence-electron chi connectivity index (χ1n) is 5.82. The van der Waals surface area contributed by atoms with Gasteiger partial charge in [0.25, 0.3) is 0 Å². The van der Waals surface area contributed by atoms with Gasteiger partial charge in [0.2, 0.25) is 0 Å². The zero-order valence-electron chi connectivity index (χ0n) is 8.96. The highest BCUT2D eigenvalue weighted by Gasteiger charge is 2.47. The maximum atomic E-state index is 4.82. The normalized spacial score (nSPS) is 20.3. The van der Waals surface area contributed by atoms with Crippen molar-refractivity contribution < 1.29 is 0 Å². The molecule has 0 aliphatic heterocycles. The Balaban J connectivity index is 1.94. The Bertz CT molecular complexity index is 599. The molecule has 2 aromatic rings. The number of nitrogens with zero attached hydrogens (tertiary/aromatic N) is 1.